The molecular weight excluding hydrogens is 240 g/mol. The fourth-order valence-corrected chi connectivity index (χ4v) is 1.65. The van der Waals surface area contributed by atoms with Crippen molar-refractivity contribution in [3.63, 3.8) is 0 Å². The molecule has 0 saturated carbocycles. The largest absolute Gasteiger partial charge is 0.451 e. The van der Waals surface area contributed by atoms with Gasteiger partial charge in [-0.3, -0.25) is 4.79 Å². The molecule has 0 bridgehead atoms. The first kappa shape index (κ1) is 12.9. The van der Waals surface area contributed by atoms with Gasteiger partial charge < -0.3 is 9.73 Å². The van der Waals surface area contributed by atoms with Crippen molar-refractivity contribution in [3.8, 4) is 11.3 Å². The molecule has 0 fully saturated rings. The molecule has 0 aliphatic carbocycles. The Bertz CT molecular complexity index is 618. The van der Waals surface area contributed by atoms with Crippen LogP contribution < -0.4 is 5.32 Å². The second-order valence-corrected chi connectivity index (χ2v) is 4.45. The SMILES string of the molecule is [C-]#[N+]c1ccc(-c2ccc(C(=O)NC(C)C)o2)cc1. The Balaban J connectivity index is 2.20. The minimum Gasteiger partial charge on any atom is -0.451 e. The summed E-state index contributed by atoms with van der Waals surface area (Å²) in [4.78, 5) is 15.1. The van der Waals surface area contributed by atoms with Crippen molar-refractivity contribution in [2.75, 3.05) is 0 Å². The van der Waals surface area contributed by atoms with Gasteiger partial charge in [-0.15, -0.1) is 0 Å². The van der Waals surface area contributed by atoms with E-state index in [9.17, 15) is 4.79 Å². The molecule has 0 aliphatic heterocycles. The van der Waals surface area contributed by atoms with E-state index in [1.54, 1.807) is 36.4 Å². The highest BCUT2D eigenvalue weighted by atomic mass is 16.3. The molecule has 0 saturated heterocycles. The minimum atomic E-state index is -0.223. The van der Waals surface area contributed by atoms with Gasteiger partial charge in [0, 0.05) is 11.6 Å². The maximum absolute atomic E-state index is 11.8. The number of benzene rings is 1. The maximum Gasteiger partial charge on any atom is 0.287 e. The first-order valence-electron chi connectivity index (χ1n) is 5.99. The van der Waals surface area contributed by atoms with E-state index >= 15 is 0 Å². The average molecular weight is 254 g/mol. The van der Waals surface area contributed by atoms with Crippen molar-refractivity contribution < 1.29 is 9.21 Å². The predicted molar refractivity (Wildman–Crippen MR) is 73.0 cm³/mol. The van der Waals surface area contributed by atoms with Gasteiger partial charge in [-0.25, -0.2) is 4.85 Å². The molecule has 0 aliphatic rings. The molecule has 0 unspecified atom stereocenters. The van der Waals surface area contributed by atoms with Crippen molar-refractivity contribution in [2.45, 2.75) is 19.9 Å². The third-order valence-corrected chi connectivity index (χ3v) is 2.53. The summed E-state index contributed by atoms with van der Waals surface area (Å²) in [5.41, 5.74) is 1.42. The lowest BCUT2D eigenvalue weighted by molar-refractivity contribution is 0.0916. The Morgan fingerprint density at radius 3 is 2.47 bits per heavy atom. The van der Waals surface area contributed by atoms with Gasteiger partial charge in [0.25, 0.3) is 5.91 Å². The van der Waals surface area contributed by atoms with Crippen LogP contribution in [0.3, 0.4) is 0 Å². The lowest BCUT2D eigenvalue weighted by Crippen LogP contribution is -2.29. The van der Waals surface area contributed by atoms with Crippen molar-refractivity contribution in [2.24, 2.45) is 0 Å². The third-order valence-electron chi connectivity index (χ3n) is 2.53. The van der Waals surface area contributed by atoms with Crippen LogP contribution in [0.5, 0.6) is 0 Å². The zero-order valence-corrected chi connectivity index (χ0v) is 10.8. The van der Waals surface area contributed by atoms with Crippen LogP contribution in [0, 0.1) is 6.57 Å². The zero-order valence-electron chi connectivity index (χ0n) is 10.8. The van der Waals surface area contributed by atoms with E-state index < -0.39 is 0 Å². The summed E-state index contributed by atoms with van der Waals surface area (Å²) in [7, 11) is 0. The van der Waals surface area contributed by atoms with Crippen LogP contribution in [0.25, 0.3) is 16.2 Å². The van der Waals surface area contributed by atoms with Gasteiger partial charge in [0.15, 0.2) is 11.4 Å². The maximum atomic E-state index is 11.8. The lowest BCUT2D eigenvalue weighted by Gasteiger charge is -2.05. The van der Waals surface area contributed by atoms with E-state index in [1.165, 1.54) is 0 Å². The smallest absolute Gasteiger partial charge is 0.287 e. The van der Waals surface area contributed by atoms with Gasteiger partial charge in [0.05, 0.1) is 6.57 Å². The molecule has 0 radical (unpaired) electrons. The summed E-state index contributed by atoms with van der Waals surface area (Å²) >= 11 is 0. The Morgan fingerprint density at radius 1 is 1.21 bits per heavy atom. The topological polar surface area (TPSA) is 46.6 Å². The Morgan fingerprint density at radius 2 is 1.89 bits per heavy atom. The van der Waals surface area contributed by atoms with Gasteiger partial charge in [-0.2, -0.15) is 0 Å². The first-order valence-corrected chi connectivity index (χ1v) is 5.99. The van der Waals surface area contributed by atoms with Crippen LogP contribution in [0.15, 0.2) is 40.8 Å². The van der Waals surface area contributed by atoms with Crippen LogP contribution in [-0.2, 0) is 0 Å². The molecule has 1 aromatic heterocycles. The fourth-order valence-electron chi connectivity index (χ4n) is 1.65. The summed E-state index contributed by atoms with van der Waals surface area (Å²) in [5, 5.41) is 2.77. The van der Waals surface area contributed by atoms with E-state index in [-0.39, 0.29) is 17.7 Å². The van der Waals surface area contributed by atoms with Gasteiger partial charge in [-0.1, -0.05) is 24.3 Å². The number of nitrogens with one attached hydrogen (secondary N) is 1. The van der Waals surface area contributed by atoms with Crippen molar-refractivity contribution in [3.05, 3.63) is 53.6 Å². The lowest BCUT2D eigenvalue weighted by atomic mass is 10.1. The molecule has 1 amide bonds. The highest BCUT2D eigenvalue weighted by molar-refractivity contribution is 5.92. The molecule has 4 heteroatoms. The molecule has 0 atom stereocenters. The molecule has 0 spiro atoms. The molecule has 1 N–H and O–H groups in total. The highest BCUT2D eigenvalue weighted by Crippen LogP contribution is 2.24. The molecule has 1 aromatic carbocycles. The van der Waals surface area contributed by atoms with Crippen molar-refractivity contribution >= 4 is 11.6 Å². The standard InChI is InChI=1S/C15H14N2O2/c1-10(2)17-15(18)14-9-8-13(19-14)11-4-6-12(16-3)7-5-11/h4-10H,1-2H3,(H,17,18). The van der Waals surface area contributed by atoms with Gasteiger partial charge in [0.1, 0.15) is 5.76 Å². The Kier molecular flexibility index (Phi) is 3.67. The quantitative estimate of drug-likeness (QED) is 0.850. The predicted octanol–water partition coefficient (Wildman–Crippen LogP) is 3.64. The van der Waals surface area contributed by atoms with Crippen LogP contribution in [-0.4, -0.2) is 11.9 Å². The van der Waals surface area contributed by atoms with Crippen molar-refractivity contribution in [1.29, 1.82) is 0 Å². The van der Waals surface area contributed by atoms with E-state index in [0.717, 1.165) is 5.56 Å². The summed E-state index contributed by atoms with van der Waals surface area (Å²) in [5.74, 6) is 0.683. The number of furan rings is 1. The van der Waals surface area contributed by atoms with E-state index in [0.29, 0.717) is 11.4 Å². The van der Waals surface area contributed by atoms with E-state index in [4.69, 9.17) is 11.0 Å². The minimum absolute atomic E-state index is 0.0685. The fraction of sp³-hybridized carbons (Fsp3) is 0.200. The van der Waals surface area contributed by atoms with Crippen LogP contribution in [0.1, 0.15) is 24.4 Å². The van der Waals surface area contributed by atoms with Crippen LogP contribution in [0.2, 0.25) is 0 Å². The monoisotopic (exact) mass is 254 g/mol. The third kappa shape index (κ3) is 3.02. The zero-order chi connectivity index (χ0) is 13.8. The van der Waals surface area contributed by atoms with Crippen LogP contribution >= 0.6 is 0 Å². The molecule has 96 valence electrons. The molecule has 19 heavy (non-hydrogen) atoms. The molecule has 2 aromatic rings. The second kappa shape index (κ2) is 5.40. The molecule has 4 nitrogen and oxygen atoms in total. The van der Waals surface area contributed by atoms with Gasteiger partial charge in [0.2, 0.25) is 0 Å². The number of hydrogen-bond acceptors (Lipinski definition) is 2. The Labute approximate surface area is 111 Å². The molecular formula is C15H14N2O2. The summed E-state index contributed by atoms with van der Waals surface area (Å²) in [6, 6.07) is 10.5. The number of carbonyl (C=O) groups excluding carboxylic acids is 1. The second-order valence-electron chi connectivity index (χ2n) is 4.45. The van der Waals surface area contributed by atoms with Gasteiger partial charge >= 0.3 is 0 Å². The summed E-state index contributed by atoms with van der Waals surface area (Å²) in [6.07, 6.45) is 0. The van der Waals surface area contributed by atoms with Gasteiger partial charge in [-0.05, 0) is 26.0 Å². The van der Waals surface area contributed by atoms with Crippen LogP contribution in [0.4, 0.5) is 5.69 Å². The summed E-state index contributed by atoms with van der Waals surface area (Å²) < 4.78 is 5.52. The molecule has 2 rings (SSSR count). The van der Waals surface area contributed by atoms with E-state index in [2.05, 4.69) is 10.2 Å². The summed E-state index contributed by atoms with van der Waals surface area (Å²) in [6.45, 7) is 10.7. The number of nitrogens with zero attached hydrogens (tertiary/aromatic N) is 1. The highest BCUT2D eigenvalue weighted by Gasteiger charge is 2.12. The first-order chi connectivity index (χ1) is 9.10. The number of hydrogen-bond donors (Lipinski definition) is 1. The van der Waals surface area contributed by atoms with E-state index in [1.807, 2.05) is 13.8 Å². The number of rotatable bonds is 3. The Hall–Kier alpha value is -2.54. The molecule has 1 heterocycles. The number of carbonyl (C=O) groups is 1. The van der Waals surface area contributed by atoms with Crippen molar-refractivity contribution in [1.82, 2.24) is 5.32 Å². The average Bonchev–Trinajstić information content (AvgIpc) is 2.88. The normalized spacial score (nSPS) is 10.2. The number of amides is 1.